The number of hydrogen-bond donors (Lipinski definition) is 2. The Hall–Kier alpha value is -0.0500. The quantitative estimate of drug-likeness (QED) is 0.726. The van der Waals surface area contributed by atoms with Crippen molar-refractivity contribution < 1.29 is 23.1 Å². The Balaban J connectivity index is -0.000000163. The number of carboxylic acids is 1. The zero-order valence-corrected chi connectivity index (χ0v) is 10.5. The van der Waals surface area contributed by atoms with Crippen molar-refractivity contribution in [2.45, 2.75) is 38.9 Å². The molecule has 0 heterocycles. The van der Waals surface area contributed by atoms with E-state index in [9.17, 15) is 13.2 Å². The third kappa shape index (κ3) is 17.9. The van der Waals surface area contributed by atoms with Crippen molar-refractivity contribution in [3.05, 3.63) is 0 Å². The van der Waals surface area contributed by atoms with E-state index in [2.05, 4.69) is 6.92 Å². The average molecular weight is 329 g/mol. The number of halogens is 4. The van der Waals surface area contributed by atoms with Crippen molar-refractivity contribution >= 4 is 29.9 Å². The molecule has 0 aliphatic heterocycles. The Morgan fingerprint density at radius 3 is 1.50 bits per heavy atom. The predicted molar refractivity (Wildman–Crippen MR) is 57.7 cm³/mol. The average Bonchev–Trinajstić information content (AvgIpc) is 1.85. The molecule has 0 aliphatic rings. The molecule has 0 aromatic rings. The second-order valence-electron chi connectivity index (χ2n) is 3.15. The minimum atomic E-state index is -5.08. The van der Waals surface area contributed by atoms with Gasteiger partial charge in [0.25, 0.3) is 0 Å². The predicted octanol–water partition coefficient (Wildman–Crippen LogP) is 2.39. The lowest BCUT2D eigenvalue weighted by atomic mass is 10.1. The molecular weight excluding hydrogens is 314 g/mol. The fraction of sp³-hybridized carbons (Fsp3) is 0.857. The Bertz CT molecular complexity index is 165. The summed E-state index contributed by atoms with van der Waals surface area (Å²) in [6, 6.07) is 0. The number of aliphatic carboxylic acids is 1. The second kappa shape index (κ2) is 7.27. The van der Waals surface area contributed by atoms with Gasteiger partial charge in [-0.3, -0.25) is 0 Å². The van der Waals surface area contributed by atoms with Crippen LogP contribution in [-0.2, 0) is 4.79 Å². The maximum absolute atomic E-state index is 10.6. The topological polar surface area (TPSA) is 63.3 Å². The maximum atomic E-state index is 10.6. The standard InChI is InChI=1S/C5H13N.C2HF3O2.HI/c1-4-5(2,3)6;3-2(4,5)1(6)7;/h4,6H2,1-3H3;(H,6,7);1H. The van der Waals surface area contributed by atoms with E-state index in [4.69, 9.17) is 15.6 Å². The van der Waals surface area contributed by atoms with Gasteiger partial charge in [-0.1, -0.05) is 6.92 Å². The van der Waals surface area contributed by atoms with Crippen LogP contribution in [0.15, 0.2) is 0 Å². The summed E-state index contributed by atoms with van der Waals surface area (Å²) in [5, 5.41) is 7.12. The fourth-order valence-corrected chi connectivity index (χ4v) is 0. The molecule has 88 valence electrons. The van der Waals surface area contributed by atoms with Crippen LogP contribution in [0, 0.1) is 0 Å². The molecule has 3 N–H and O–H groups in total. The van der Waals surface area contributed by atoms with E-state index in [1.165, 1.54) is 0 Å². The Labute approximate surface area is 97.9 Å². The number of carboxylic acid groups (broad SMARTS) is 1. The highest BCUT2D eigenvalue weighted by molar-refractivity contribution is 14.0. The molecular formula is C7H15F3INO2. The SMILES string of the molecule is CCC(C)(C)N.I.O=C(O)C(F)(F)F. The van der Waals surface area contributed by atoms with Gasteiger partial charge in [-0.05, 0) is 20.3 Å². The van der Waals surface area contributed by atoms with Crippen molar-refractivity contribution in [1.29, 1.82) is 0 Å². The van der Waals surface area contributed by atoms with Gasteiger partial charge in [0.2, 0.25) is 0 Å². The van der Waals surface area contributed by atoms with Crippen LogP contribution in [0.5, 0.6) is 0 Å². The van der Waals surface area contributed by atoms with E-state index >= 15 is 0 Å². The monoisotopic (exact) mass is 329 g/mol. The first-order valence-electron chi connectivity index (χ1n) is 3.59. The molecule has 0 saturated carbocycles. The van der Waals surface area contributed by atoms with E-state index in [1.54, 1.807) is 0 Å². The lowest BCUT2D eigenvalue weighted by molar-refractivity contribution is -0.192. The molecule has 0 amide bonds. The van der Waals surface area contributed by atoms with Crippen LogP contribution in [0.4, 0.5) is 13.2 Å². The van der Waals surface area contributed by atoms with Crippen LogP contribution in [0.1, 0.15) is 27.2 Å². The number of alkyl halides is 3. The van der Waals surface area contributed by atoms with Gasteiger partial charge in [-0.15, -0.1) is 24.0 Å². The van der Waals surface area contributed by atoms with Gasteiger partial charge in [0, 0.05) is 5.54 Å². The summed E-state index contributed by atoms with van der Waals surface area (Å²) >= 11 is 0. The Kier molecular flexibility index (Phi) is 10.1. The molecule has 0 radical (unpaired) electrons. The second-order valence-corrected chi connectivity index (χ2v) is 3.15. The van der Waals surface area contributed by atoms with Crippen LogP contribution in [0.2, 0.25) is 0 Å². The van der Waals surface area contributed by atoms with Gasteiger partial charge in [0.05, 0.1) is 0 Å². The molecule has 0 atom stereocenters. The van der Waals surface area contributed by atoms with Crippen molar-refractivity contribution in [1.82, 2.24) is 0 Å². The molecule has 0 aliphatic carbocycles. The Morgan fingerprint density at radius 2 is 1.50 bits per heavy atom. The molecule has 0 fully saturated rings. The molecule has 0 saturated heterocycles. The zero-order chi connectivity index (χ0) is 11.3. The molecule has 0 spiro atoms. The van der Waals surface area contributed by atoms with Gasteiger partial charge in [0.1, 0.15) is 0 Å². The summed E-state index contributed by atoms with van der Waals surface area (Å²) in [6.45, 7) is 6.12. The summed E-state index contributed by atoms with van der Waals surface area (Å²) < 4.78 is 31.7. The number of rotatable bonds is 1. The lowest BCUT2D eigenvalue weighted by Crippen LogP contribution is -2.30. The van der Waals surface area contributed by atoms with Crippen molar-refractivity contribution in [2.75, 3.05) is 0 Å². The number of nitrogens with two attached hydrogens (primary N) is 1. The van der Waals surface area contributed by atoms with E-state index in [0.29, 0.717) is 0 Å². The number of carbonyl (C=O) groups is 1. The highest BCUT2D eigenvalue weighted by atomic mass is 127. The third-order valence-electron chi connectivity index (χ3n) is 1.15. The first-order valence-corrected chi connectivity index (χ1v) is 3.59. The van der Waals surface area contributed by atoms with Gasteiger partial charge in [-0.25, -0.2) is 4.79 Å². The highest BCUT2D eigenvalue weighted by Crippen LogP contribution is 2.13. The summed E-state index contributed by atoms with van der Waals surface area (Å²) in [5.41, 5.74) is 5.58. The van der Waals surface area contributed by atoms with Gasteiger partial charge < -0.3 is 10.8 Å². The van der Waals surface area contributed by atoms with E-state index in [0.717, 1.165) is 6.42 Å². The summed E-state index contributed by atoms with van der Waals surface area (Å²) in [7, 11) is 0. The molecule has 14 heavy (non-hydrogen) atoms. The molecule has 3 nitrogen and oxygen atoms in total. The molecule has 0 aromatic carbocycles. The molecule has 0 bridgehead atoms. The largest absolute Gasteiger partial charge is 0.490 e. The Morgan fingerprint density at radius 1 is 1.36 bits per heavy atom. The number of hydrogen-bond acceptors (Lipinski definition) is 2. The van der Waals surface area contributed by atoms with E-state index in [-0.39, 0.29) is 29.5 Å². The normalized spacial score (nSPS) is 10.8. The van der Waals surface area contributed by atoms with Crippen LogP contribution in [0.25, 0.3) is 0 Å². The molecule has 0 unspecified atom stereocenters. The van der Waals surface area contributed by atoms with E-state index in [1.807, 2.05) is 13.8 Å². The van der Waals surface area contributed by atoms with Crippen molar-refractivity contribution in [2.24, 2.45) is 5.73 Å². The fourth-order valence-electron chi connectivity index (χ4n) is 0. The maximum Gasteiger partial charge on any atom is 0.490 e. The lowest BCUT2D eigenvalue weighted by Gasteiger charge is -2.13. The summed E-state index contributed by atoms with van der Waals surface area (Å²) in [6.07, 6.45) is -4.03. The van der Waals surface area contributed by atoms with Crippen molar-refractivity contribution in [3.8, 4) is 0 Å². The summed E-state index contributed by atoms with van der Waals surface area (Å²) in [4.78, 5) is 8.90. The van der Waals surface area contributed by atoms with Gasteiger partial charge in [-0.2, -0.15) is 13.2 Å². The van der Waals surface area contributed by atoms with Gasteiger partial charge >= 0.3 is 12.1 Å². The minimum Gasteiger partial charge on any atom is -0.475 e. The molecule has 0 rings (SSSR count). The van der Waals surface area contributed by atoms with Crippen LogP contribution < -0.4 is 5.73 Å². The first-order chi connectivity index (χ1) is 5.50. The molecule has 0 aromatic heterocycles. The van der Waals surface area contributed by atoms with Crippen LogP contribution in [-0.4, -0.2) is 22.8 Å². The molecule has 7 heteroatoms. The van der Waals surface area contributed by atoms with Crippen LogP contribution >= 0.6 is 24.0 Å². The van der Waals surface area contributed by atoms with E-state index < -0.39 is 12.1 Å². The first kappa shape index (κ1) is 19.5. The van der Waals surface area contributed by atoms with Gasteiger partial charge in [0.15, 0.2) is 0 Å². The van der Waals surface area contributed by atoms with Crippen molar-refractivity contribution in [3.63, 3.8) is 0 Å². The minimum absolute atomic E-state index is 0. The summed E-state index contributed by atoms with van der Waals surface area (Å²) in [5.74, 6) is -2.76. The van der Waals surface area contributed by atoms with Crippen LogP contribution in [0.3, 0.4) is 0 Å². The third-order valence-corrected chi connectivity index (χ3v) is 1.15. The zero-order valence-electron chi connectivity index (χ0n) is 8.18. The smallest absolute Gasteiger partial charge is 0.475 e. The highest BCUT2D eigenvalue weighted by Gasteiger charge is 2.38.